The Morgan fingerprint density at radius 1 is 1.06 bits per heavy atom. The van der Waals surface area contributed by atoms with Gasteiger partial charge in [-0.1, -0.05) is 39.0 Å². The van der Waals surface area contributed by atoms with Crippen molar-refractivity contribution in [3.8, 4) is 0 Å². The van der Waals surface area contributed by atoms with E-state index in [4.69, 9.17) is 5.73 Å². The summed E-state index contributed by atoms with van der Waals surface area (Å²) in [5.41, 5.74) is 8.63. The van der Waals surface area contributed by atoms with Crippen molar-refractivity contribution in [2.45, 2.75) is 52.0 Å². The molecule has 0 radical (unpaired) electrons. The van der Waals surface area contributed by atoms with Gasteiger partial charge in [0.05, 0.1) is 0 Å². The van der Waals surface area contributed by atoms with Gasteiger partial charge in [-0.15, -0.1) is 0 Å². The molecular weight excluding hydrogens is 208 g/mol. The second-order valence-corrected chi connectivity index (χ2v) is 6.46. The van der Waals surface area contributed by atoms with E-state index in [0.717, 1.165) is 13.0 Å². The van der Waals surface area contributed by atoms with E-state index in [1.165, 1.54) is 11.3 Å². The molecule has 0 fully saturated rings. The number of hydrogen-bond acceptors (Lipinski definition) is 2. The molecule has 1 aromatic carbocycles. The zero-order valence-electron chi connectivity index (χ0n) is 11.8. The molecule has 1 rings (SSSR count). The lowest BCUT2D eigenvalue weighted by Gasteiger charge is -2.25. The Morgan fingerprint density at radius 2 is 1.65 bits per heavy atom. The van der Waals surface area contributed by atoms with Crippen molar-refractivity contribution >= 4 is 5.69 Å². The summed E-state index contributed by atoms with van der Waals surface area (Å²) in [7, 11) is 0. The second kappa shape index (κ2) is 5.09. The Kier molecular flexibility index (Phi) is 4.21. The Labute approximate surface area is 106 Å². The molecule has 0 heterocycles. The average Bonchev–Trinajstić information content (AvgIpc) is 2.15. The number of para-hydroxylation sites is 1. The van der Waals surface area contributed by atoms with E-state index in [-0.39, 0.29) is 11.0 Å². The van der Waals surface area contributed by atoms with E-state index in [9.17, 15) is 0 Å². The van der Waals surface area contributed by atoms with E-state index in [1.807, 2.05) is 0 Å². The van der Waals surface area contributed by atoms with E-state index < -0.39 is 0 Å². The van der Waals surface area contributed by atoms with Crippen LogP contribution in [-0.4, -0.2) is 12.1 Å². The van der Waals surface area contributed by atoms with Gasteiger partial charge in [0.25, 0.3) is 0 Å². The molecule has 3 N–H and O–H groups in total. The van der Waals surface area contributed by atoms with E-state index in [1.54, 1.807) is 0 Å². The molecule has 2 nitrogen and oxygen atoms in total. The first-order chi connectivity index (χ1) is 7.70. The van der Waals surface area contributed by atoms with Gasteiger partial charge in [0, 0.05) is 17.8 Å². The van der Waals surface area contributed by atoms with Crippen LogP contribution in [0.2, 0.25) is 0 Å². The van der Waals surface area contributed by atoms with Gasteiger partial charge >= 0.3 is 0 Å². The maximum atomic E-state index is 5.98. The Morgan fingerprint density at radius 3 is 2.18 bits per heavy atom. The van der Waals surface area contributed by atoms with Crippen LogP contribution in [0.25, 0.3) is 0 Å². The molecule has 0 aliphatic heterocycles. The van der Waals surface area contributed by atoms with Gasteiger partial charge in [0.1, 0.15) is 0 Å². The zero-order chi connectivity index (χ0) is 13.1. The van der Waals surface area contributed by atoms with Crippen molar-refractivity contribution in [3.05, 3.63) is 29.8 Å². The third-order valence-corrected chi connectivity index (χ3v) is 2.82. The lowest BCUT2D eigenvalue weighted by molar-refractivity contribution is 0.490. The quantitative estimate of drug-likeness (QED) is 0.836. The molecule has 0 amide bonds. The first-order valence-corrected chi connectivity index (χ1v) is 6.32. The highest BCUT2D eigenvalue weighted by Gasteiger charge is 2.17. The van der Waals surface area contributed by atoms with Crippen molar-refractivity contribution in [1.29, 1.82) is 0 Å². The standard InChI is InChI=1S/C15H26N2/c1-14(2,3)12-8-6-7-9-13(12)17-11-10-15(4,5)16/h6-9,17H,10-11,16H2,1-5H3. The number of rotatable bonds is 4. The molecule has 0 aromatic heterocycles. The van der Waals surface area contributed by atoms with Crippen LogP contribution in [0.15, 0.2) is 24.3 Å². The zero-order valence-corrected chi connectivity index (χ0v) is 11.8. The van der Waals surface area contributed by atoms with Crippen LogP contribution in [0.5, 0.6) is 0 Å². The monoisotopic (exact) mass is 234 g/mol. The Balaban J connectivity index is 2.72. The van der Waals surface area contributed by atoms with Gasteiger partial charge in [-0.3, -0.25) is 0 Å². The molecule has 0 unspecified atom stereocenters. The predicted molar refractivity (Wildman–Crippen MR) is 76.5 cm³/mol. The first kappa shape index (κ1) is 14.0. The summed E-state index contributed by atoms with van der Waals surface area (Å²) in [4.78, 5) is 0. The van der Waals surface area contributed by atoms with Gasteiger partial charge in [0.15, 0.2) is 0 Å². The minimum absolute atomic E-state index is 0.107. The van der Waals surface area contributed by atoms with E-state index in [0.29, 0.717) is 0 Å². The summed E-state index contributed by atoms with van der Waals surface area (Å²) in [5.74, 6) is 0. The molecule has 0 atom stereocenters. The van der Waals surface area contributed by atoms with Crippen molar-refractivity contribution in [3.63, 3.8) is 0 Å². The SMILES string of the molecule is CC(C)(N)CCNc1ccccc1C(C)(C)C. The van der Waals surface area contributed by atoms with Gasteiger partial charge < -0.3 is 11.1 Å². The summed E-state index contributed by atoms with van der Waals surface area (Å²) >= 11 is 0. The van der Waals surface area contributed by atoms with Gasteiger partial charge in [0.2, 0.25) is 0 Å². The number of hydrogen-bond donors (Lipinski definition) is 2. The van der Waals surface area contributed by atoms with Crippen molar-refractivity contribution in [2.75, 3.05) is 11.9 Å². The molecular formula is C15H26N2. The molecule has 96 valence electrons. The minimum Gasteiger partial charge on any atom is -0.385 e. The normalized spacial score (nSPS) is 12.6. The number of anilines is 1. The molecule has 17 heavy (non-hydrogen) atoms. The topological polar surface area (TPSA) is 38.0 Å². The fourth-order valence-electron chi connectivity index (χ4n) is 1.81. The smallest absolute Gasteiger partial charge is 0.0378 e. The van der Waals surface area contributed by atoms with Gasteiger partial charge in [-0.05, 0) is 37.3 Å². The van der Waals surface area contributed by atoms with Crippen molar-refractivity contribution < 1.29 is 0 Å². The van der Waals surface area contributed by atoms with Crippen molar-refractivity contribution in [1.82, 2.24) is 0 Å². The summed E-state index contributed by atoms with van der Waals surface area (Å²) in [6, 6.07) is 8.50. The molecule has 0 spiro atoms. The van der Waals surface area contributed by atoms with Crippen LogP contribution in [0, 0.1) is 0 Å². The largest absolute Gasteiger partial charge is 0.385 e. The number of nitrogens with one attached hydrogen (secondary N) is 1. The summed E-state index contributed by atoms with van der Waals surface area (Å²) in [5, 5.41) is 3.50. The number of nitrogens with two attached hydrogens (primary N) is 1. The summed E-state index contributed by atoms with van der Waals surface area (Å²) in [6.45, 7) is 11.7. The molecule has 0 aliphatic carbocycles. The minimum atomic E-state index is -0.107. The Bertz CT molecular complexity index is 356. The van der Waals surface area contributed by atoms with Gasteiger partial charge in [-0.2, -0.15) is 0 Å². The number of benzene rings is 1. The van der Waals surface area contributed by atoms with E-state index >= 15 is 0 Å². The highest BCUT2D eigenvalue weighted by Crippen LogP contribution is 2.29. The van der Waals surface area contributed by atoms with Crippen LogP contribution < -0.4 is 11.1 Å². The third kappa shape index (κ3) is 4.78. The summed E-state index contributed by atoms with van der Waals surface area (Å²) < 4.78 is 0. The second-order valence-electron chi connectivity index (χ2n) is 6.46. The first-order valence-electron chi connectivity index (χ1n) is 6.32. The fraction of sp³-hybridized carbons (Fsp3) is 0.600. The molecule has 1 aromatic rings. The molecule has 0 saturated carbocycles. The fourth-order valence-corrected chi connectivity index (χ4v) is 1.81. The summed E-state index contributed by atoms with van der Waals surface area (Å²) in [6.07, 6.45) is 0.964. The van der Waals surface area contributed by atoms with Gasteiger partial charge in [-0.25, -0.2) is 0 Å². The van der Waals surface area contributed by atoms with Crippen LogP contribution in [0.1, 0.15) is 46.6 Å². The lowest BCUT2D eigenvalue weighted by atomic mass is 9.86. The Hall–Kier alpha value is -1.02. The average molecular weight is 234 g/mol. The predicted octanol–water partition coefficient (Wildman–Crippen LogP) is 3.52. The maximum Gasteiger partial charge on any atom is 0.0378 e. The van der Waals surface area contributed by atoms with Crippen LogP contribution in [0.3, 0.4) is 0 Å². The molecule has 0 bridgehead atoms. The highest BCUT2D eigenvalue weighted by molar-refractivity contribution is 5.54. The van der Waals surface area contributed by atoms with E-state index in [2.05, 4.69) is 64.2 Å². The molecule has 0 aliphatic rings. The molecule has 2 heteroatoms. The van der Waals surface area contributed by atoms with Crippen LogP contribution in [-0.2, 0) is 5.41 Å². The maximum absolute atomic E-state index is 5.98. The van der Waals surface area contributed by atoms with Crippen molar-refractivity contribution in [2.24, 2.45) is 5.73 Å². The lowest BCUT2D eigenvalue weighted by Crippen LogP contribution is -2.34. The van der Waals surface area contributed by atoms with Crippen LogP contribution in [0.4, 0.5) is 5.69 Å². The molecule has 0 saturated heterocycles. The highest BCUT2D eigenvalue weighted by atomic mass is 14.9. The third-order valence-electron chi connectivity index (χ3n) is 2.82. The van der Waals surface area contributed by atoms with Crippen LogP contribution >= 0.6 is 0 Å².